The Morgan fingerprint density at radius 1 is 1.40 bits per heavy atom. The summed E-state index contributed by atoms with van der Waals surface area (Å²) < 4.78 is 2.23. The molecule has 3 nitrogen and oxygen atoms in total. The summed E-state index contributed by atoms with van der Waals surface area (Å²) in [5.74, 6) is 1.22. The van der Waals surface area contributed by atoms with Gasteiger partial charge in [-0.05, 0) is 43.9 Å². The Bertz CT molecular complexity index is 372. The van der Waals surface area contributed by atoms with Gasteiger partial charge in [0.1, 0.15) is 0 Å². The fraction of sp³-hybridized carbons (Fsp3) is 0.812. The molecular formula is C16H29N3S. The average molecular weight is 295 g/mol. The highest BCUT2D eigenvalue weighted by Crippen LogP contribution is 2.27. The van der Waals surface area contributed by atoms with Crippen molar-refractivity contribution in [2.24, 2.45) is 0 Å². The number of rotatable bonds is 8. The summed E-state index contributed by atoms with van der Waals surface area (Å²) in [4.78, 5) is 0. The molecule has 2 rings (SSSR count). The van der Waals surface area contributed by atoms with E-state index in [1.54, 1.807) is 0 Å². The van der Waals surface area contributed by atoms with E-state index < -0.39 is 0 Å². The molecule has 0 radical (unpaired) electrons. The minimum atomic E-state index is 0.571. The van der Waals surface area contributed by atoms with Crippen LogP contribution in [0.3, 0.4) is 0 Å². The van der Waals surface area contributed by atoms with Gasteiger partial charge in [-0.3, -0.25) is 4.68 Å². The van der Waals surface area contributed by atoms with Gasteiger partial charge in [-0.15, -0.1) is 0 Å². The number of likely N-dealkylation sites (N-methyl/N-ethyl adjacent to an activating group) is 1. The van der Waals surface area contributed by atoms with Crippen LogP contribution in [0.15, 0.2) is 12.3 Å². The van der Waals surface area contributed by atoms with Gasteiger partial charge in [0.2, 0.25) is 0 Å². The van der Waals surface area contributed by atoms with Gasteiger partial charge < -0.3 is 5.32 Å². The summed E-state index contributed by atoms with van der Waals surface area (Å²) in [6.07, 6.45) is 13.4. The van der Waals surface area contributed by atoms with Gasteiger partial charge in [-0.1, -0.05) is 26.2 Å². The molecule has 1 aromatic rings. The minimum absolute atomic E-state index is 0.571. The predicted octanol–water partition coefficient (Wildman–Crippen LogP) is 3.66. The minimum Gasteiger partial charge on any atom is -0.314 e. The molecule has 0 saturated heterocycles. The molecule has 1 atom stereocenters. The van der Waals surface area contributed by atoms with E-state index in [4.69, 9.17) is 5.10 Å². The molecular weight excluding hydrogens is 266 g/mol. The van der Waals surface area contributed by atoms with Crippen molar-refractivity contribution < 1.29 is 0 Å². The third kappa shape index (κ3) is 4.81. The monoisotopic (exact) mass is 295 g/mol. The first-order chi connectivity index (χ1) is 9.83. The fourth-order valence-corrected chi connectivity index (χ4v) is 3.63. The van der Waals surface area contributed by atoms with E-state index in [0.29, 0.717) is 12.1 Å². The van der Waals surface area contributed by atoms with Gasteiger partial charge >= 0.3 is 0 Å². The van der Waals surface area contributed by atoms with E-state index in [9.17, 15) is 0 Å². The van der Waals surface area contributed by atoms with Crippen LogP contribution in [0.1, 0.15) is 57.2 Å². The van der Waals surface area contributed by atoms with E-state index in [2.05, 4.69) is 35.4 Å². The van der Waals surface area contributed by atoms with Crippen molar-refractivity contribution in [2.45, 2.75) is 64.0 Å². The zero-order valence-electron chi connectivity index (χ0n) is 13.0. The van der Waals surface area contributed by atoms with E-state index in [1.165, 1.54) is 50.0 Å². The van der Waals surface area contributed by atoms with Gasteiger partial charge in [0.05, 0.1) is 11.7 Å². The van der Waals surface area contributed by atoms with Crippen molar-refractivity contribution in [1.82, 2.24) is 15.1 Å². The molecule has 4 heteroatoms. The zero-order valence-corrected chi connectivity index (χ0v) is 13.8. The largest absolute Gasteiger partial charge is 0.314 e. The van der Waals surface area contributed by atoms with Gasteiger partial charge in [-0.25, -0.2) is 0 Å². The first kappa shape index (κ1) is 15.9. The molecule has 0 amide bonds. The lowest BCUT2D eigenvalue weighted by Crippen LogP contribution is -2.31. The highest BCUT2D eigenvalue weighted by atomic mass is 32.2. The first-order valence-corrected chi connectivity index (χ1v) is 9.49. The zero-order chi connectivity index (χ0) is 14.2. The van der Waals surface area contributed by atoms with Crippen LogP contribution in [0, 0.1) is 0 Å². The normalized spacial score (nSPS) is 18.3. The summed E-state index contributed by atoms with van der Waals surface area (Å²) in [5, 5.41) is 8.43. The fourth-order valence-electron chi connectivity index (χ4n) is 3.11. The van der Waals surface area contributed by atoms with Gasteiger partial charge in [0.15, 0.2) is 0 Å². The molecule has 114 valence electrons. The van der Waals surface area contributed by atoms with Crippen LogP contribution in [-0.4, -0.2) is 34.4 Å². The third-order valence-corrected chi connectivity index (χ3v) is 4.88. The highest BCUT2D eigenvalue weighted by Gasteiger charge is 2.17. The SMILES string of the molecule is CCNC(CCSC)Cc1ccn(C2CCCCC2)n1. The Kier molecular flexibility index (Phi) is 6.94. The molecule has 1 aromatic heterocycles. The quantitative estimate of drug-likeness (QED) is 0.794. The maximum absolute atomic E-state index is 4.83. The molecule has 0 aliphatic heterocycles. The lowest BCUT2D eigenvalue weighted by atomic mass is 9.96. The molecule has 0 bridgehead atoms. The Morgan fingerprint density at radius 3 is 2.90 bits per heavy atom. The van der Waals surface area contributed by atoms with Crippen molar-refractivity contribution in [1.29, 1.82) is 0 Å². The molecule has 1 heterocycles. The number of thioether (sulfide) groups is 1. The van der Waals surface area contributed by atoms with E-state index in [-0.39, 0.29) is 0 Å². The van der Waals surface area contributed by atoms with Crippen molar-refractivity contribution in [3.8, 4) is 0 Å². The molecule has 1 unspecified atom stereocenters. The molecule has 1 aliphatic rings. The van der Waals surface area contributed by atoms with Crippen LogP contribution in [0.25, 0.3) is 0 Å². The molecule has 1 fully saturated rings. The summed E-state index contributed by atoms with van der Waals surface area (Å²) in [6, 6.07) is 3.45. The summed E-state index contributed by atoms with van der Waals surface area (Å²) in [6.45, 7) is 3.23. The molecule has 20 heavy (non-hydrogen) atoms. The highest BCUT2D eigenvalue weighted by molar-refractivity contribution is 7.98. The van der Waals surface area contributed by atoms with Crippen LogP contribution >= 0.6 is 11.8 Å². The van der Waals surface area contributed by atoms with Crippen LogP contribution in [0.5, 0.6) is 0 Å². The Hall–Kier alpha value is -0.480. The lowest BCUT2D eigenvalue weighted by molar-refractivity contribution is 0.327. The number of nitrogens with zero attached hydrogens (tertiary/aromatic N) is 2. The summed E-state index contributed by atoms with van der Waals surface area (Å²) >= 11 is 1.93. The molecule has 1 aliphatic carbocycles. The number of hydrogen-bond donors (Lipinski definition) is 1. The first-order valence-electron chi connectivity index (χ1n) is 8.09. The number of hydrogen-bond acceptors (Lipinski definition) is 3. The smallest absolute Gasteiger partial charge is 0.0640 e. The third-order valence-electron chi connectivity index (χ3n) is 4.23. The van der Waals surface area contributed by atoms with Crippen molar-refractivity contribution in [2.75, 3.05) is 18.6 Å². The topological polar surface area (TPSA) is 29.9 Å². The lowest BCUT2D eigenvalue weighted by Gasteiger charge is -2.22. The van der Waals surface area contributed by atoms with E-state index in [0.717, 1.165) is 13.0 Å². The van der Waals surface area contributed by atoms with Crippen LogP contribution in [0.4, 0.5) is 0 Å². The average Bonchev–Trinajstić information content (AvgIpc) is 2.94. The maximum atomic E-state index is 4.83. The van der Waals surface area contributed by atoms with Gasteiger partial charge in [-0.2, -0.15) is 16.9 Å². The van der Waals surface area contributed by atoms with Crippen LogP contribution < -0.4 is 5.32 Å². The van der Waals surface area contributed by atoms with E-state index >= 15 is 0 Å². The number of aromatic nitrogens is 2. The standard InChI is InChI=1S/C16H29N3S/c1-3-17-14(10-12-20-2)13-15-9-11-19(18-15)16-7-5-4-6-8-16/h9,11,14,16-17H,3-8,10,12-13H2,1-2H3. The molecule has 0 aromatic carbocycles. The van der Waals surface area contributed by atoms with Crippen LogP contribution in [0.2, 0.25) is 0 Å². The Labute approximate surface area is 127 Å². The second-order valence-electron chi connectivity index (χ2n) is 5.82. The van der Waals surface area contributed by atoms with Crippen molar-refractivity contribution in [3.63, 3.8) is 0 Å². The second kappa shape index (κ2) is 8.73. The number of nitrogens with one attached hydrogen (secondary N) is 1. The maximum Gasteiger partial charge on any atom is 0.0640 e. The second-order valence-corrected chi connectivity index (χ2v) is 6.80. The summed E-state index contributed by atoms with van der Waals surface area (Å²) in [7, 11) is 0. The van der Waals surface area contributed by atoms with Gasteiger partial charge in [0, 0.05) is 18.7 Å². The predicted molar refractivity (Wildman–Crippen MR) is 88.5 cm³/mol. The van der Waals surface area contributed by atoms with Gasteiger partial charge in [0.25, 0.3) is 0 Å². The molecule has 1 saturated carbocycles. The van der Waals surface area contributed by atoms with Crippen molar-refractivity contribution >= 4 is 11.8 Å². The molecule has 0 spiro atoms. The van der Waals surface area contributed by atoms with E-state index in [1.807, 2.05) is 11.8 Å². The van der Waals surface area contributed by atoms with Crippen molar-refractivity contribution in [3.05, 3.63) is 18.0 Å². The Balaban J connectivity index is 1.89. The summed E-state index contributed by atoms with van der Waals surface area (Å²) in [5.41, 5.74) is 1.25. The van der Waals surface area contributed by atoms with Crippen LogP contribution in [-0.2, 0) is 6.42 Å². The Morgan fingerprint density at radius 2 is 2.20 bits per heavy atom. The molecule has 1 N–H and O–H groups in total.